The van der Waals surface area contributed by atoms with Crippen molar-refractivity contribution in [1.29, 1.82) is 0 Å². The predicted octanol–water partition coefficient (Wildman–Crippen LogP) is 2.13. The van der Waals surface area contributed by atoms with Gasteiger partial charge in [0.05, 0.1) is 4.92 Å². The second kappa shape index (κ2) is 4.75. The first-order valence-electron chi connectivity index (χ1n) is 4.12. The number of carbonyl (C=O) groups is 1. The highest BCUT2D eigenvalue weighted by Crippen LogP contribution is 2.26. The summed E-state index contributed by atoms with van der Waals surface area (Å²) in [6, 6.07) is 5.79. The second-order valence-electron chi connectivity index (χ2n) is 2.79. The summed E-state index contributed by atoms with van der Waals surface area (Å²) in [4.78, 5) is 20.7. The average molecular weight is 230 g/mol. The zero-order valence-electron chi connectivity index (χ0n) is 7.84. The van der Waals surface area contributed by atoms with E-state index in [0.717, 1.165) is 0 Å². The number of hydrogen-bond donors (Lipinski definition) is 0. The third-order valence-corrected chi connectivity index (χ3v) is 1.99. The van der Waals surface area contributed by atoms with E-state index in [0.29, 0.717) is 0 Å². The summed E-state index contributed by atoms with van der Waals surface area (Å²) in [6.07, 6.45) is -0.909. The molecule has 0 aromatic heterocycles. The molecular weight excluding hydrogens is 222 g/mol. The standard InChI is InChI=1S/C9H8ClNO4/c1-6(9(10)12)15-8-5-3-2-4-7(8)11(13)14/h2-6H,1H3/t6-/m1/s1. The Morgan fingerprint density at radius 3 is 2.67 bits per heavy atom. The molecule has 0 bridgehead atoms. The molecule has 0 aliphatic heterocycles. The molecule has 0 aliphatic carbocycles. The summed E-state index contributed by atoms with van der Waals surface area (Å²) < 4.78 is 5.05. The maximum absolute atomic E-state index is 10.7. The van der Waals surface area contributed by atoms with Crippen molar-refractivity contribution in [2.75, 3.05) is 0 Å². The van der Waals surface area contributed by atoms with Crippen LogP contribution in [-0.4, -0.2) is 16.3 Å². The SMILES string of the molecule is C[C@@H](Oc1ccccc1[N+](=O)[O-])C(=O)Cl. The minimum Gasteiger partial charge on any atom is -0.474 e. The fourth-order valence-corrected chi connectivity index (χ4v) is 0.989. The molecular formula is C9H8ClNO4. The number of nitrogens with zero attached hydrogens (tertiary/aromatic N) is 1. The van der Waals surface area contributed by atoms with Crippen molar-refractivity contribution in [2.24, 2.45) is 0 Å². The second-order valence-corrected chi connectivity index (χ2v) is 3.16. The van der Waals surface area contributed by atoms with Crippen molar-refractivity contribution < 1.29 is 14.5 Å². The molecule has 0 amide bonds. The number of carbonyl (C=O) groups excluding carboxylic acids is 1. The Kier molecular flexibility index (Phi) is 3.62. The molecule has 1 atom stereocenters. The minimum atomic E-state index is -0.909. The molecule has 0 saturated heterocycles. The Hall–Kier alpha value is -1.62. The normalized spacial score (nSPS) is 11.9. The van der Waals surface area contributed by atoms with Gasteiger partial charge in [-0.3, -0.25) is 14.9 Å². The van der Waals surface area contributed by atoms with E-state index in [1.54, 1.807) is 6.07 Å². The van der Waals surface area contributed by atoms with Crippen LogP contribution in [0.4, 0.5) is 5.69 Å². The van der Waals surface area contributed by atoms with E-state index in [2.05, 4.69) is 0 Å². The maximum Gasteiger partial charge on any atom is 0.310 e. The first-order chi connectivity index (χ1) is 7.02. The first-order valence-corrected chi connectivity index (χ1v) is 4.49. The summed E-state index contributed by atoms with van der Waals surface area (Å²) in [5.41, 5.74) is -0.192. The lowest BCUT2D eigenvalue weighted by molar-refractivity contribution is -0.386. The van der Waals surface area contributed by atoms with Gasteiger partial charge < -0.3 is 4.74 Å². The summed E-state index contributed by atoms with van der Waals surface area (Å²) in [6.45, 7) is 1.42. The highest BCUT2D eigenvalue weighted by atomic mass is 35.5. The first kappa shape index (κ1) is 11.5. The molecule has 0 spiro atoms. The van der Waals surface area contributed by atoms with E-state index in [-0.39, 0.29) is 11.4 Å². The van der Waals surface area contributed by atoms with Gasteiger partial charge >= 0.3 is 5.69 Å². The van der Waals surface area contributed by atoms with Crippen LogP contribution in [0.25, 0.3) is 0 Å². The number of nitro groups is 1. The molecule has 0 unspecified atom stereocenters. The van der Waals surface area contributed by atoms with Gasteiger partial charge in [0.15, 0.2) is 11.9 Å². The molecule has 0 saturated carbocycles. The van der Waals surface area contributed by atoms with E-state index >= 15 is 0 Å². The Bertz CT molecular complexity index is 393. The van der Waals surface area contributed by atoms with Crippen molar-refractivity contribution in [3.8, 4) is 5.75 Å². The summed E-state index contributed by atoms with van der Waals surface area (Å²) in [7, 11) is 0. The molecule has 1 aromatic carbocycles. The number of halogens is 1. The van der Waals surface area contributed by atoms with Crippen LogP contribution in [0.5, 0.6) is 5.75 Å². The van der Waals surface area contributed by atoms with Gasteiger partial charge in [0, 0.05) is 6.07 Å². The van der Waals surface area contributed by atoms with Crippen LogP contribution >= 0.6 is 11.6 Å². The van der Waals surface area contributed by atoms with Crippen LogP contribution in [0, 0.1) is 10.1 Å². The predicted molar refractivity (Wildman–Crippen MR) is 54.0 cm³/mol. The van der Waals surface area contributed by atoms with Gasteiger partial charge in [-0.15, -0.1) is 0 Å². The summed E-state index contributed by atoms with van der Waals surface area (Å²) in [5, 5.41) is 9.88. The third kappa shape index (κ3) is 2.92. The fraction of sp³-hybridized carbons (Fsp3) is 0.222. The molecule has 80 valence electrons. The number of hydrogen-bond acceptors (Lipinski definition) is 4. The van der Waals surface area contributed by atoms with Crippen LogP contribution in [0.2, 0.25) is 0 Å². The van der Waals surface area contributed by atoms with Gasteiger partial charge in [-0.2, -0.15) is 0 Å². The quantitative estimate of drug-likeness (QED) is 0.451. The average Bonchev–Trinajstić information content (AvgIpc) is 2.18. The lowest BCUT2D eigenvalue weighted by Crippen LogP contribution is -2.19. The van der Waals surface area contributed by atoms with Gasteiger partial charge in [0.1, 0.15) is 0 Å². The van der Waals surface area contributed by atoms with Crippen LogP contribution in [-0.2, 0) is 4.79 Å². The Labute approximate surface area is 90.8 Å². The lowest BCUT2D eigenvalue weighted by atomic mass is 10.3. The molecule has 0 heterocycles. The number of para-hydroxylation sites is 2. The van der Waals surface area contributed by atoms with E-state index < -0.39 is 16.3 Å². The molecule has 0 aliphatic rings. The van der Waals surface area contributed by atoms with Gasteiger partial charge in [-0.05, 0) is 24.6 Å². The highest BCUT2D eigenvalue weighted by Gasteiger charge is 2.18. The number of nitro benzene ring substituents is 1. The minimum absolute atomic E-state index is 0.0315. The van der Waals surface area contributed by atoms with Crippen molar-refractivity contribution in [3.63, 3.8) is 0 Å². The lowest BCUT2D eigenvalue weighted by Gasteiger charge is -2.09. The van der Waals surface area contributed by atoms with Crippen molar-refractivity contribution in [2.45, 2.75) is 13.0 Å². The van der Waals surface area contributed by atoms with E-state index in [1.807, 2.05) is 0 Å². The highest BCUT2D eigenvalue weighted by molar-refractivity contribution is 6.64. The number of benzene rings is 1. The van der Waals surface area contributed by atoms with Crippen molar-refractivity contribution in [1.82, 2.24) is 0 Å². The van der Waals surface area contributed by atoms with Gasteiger partial charge in [-0.1, -0.05) is 12.1 Å². The molecule has 1 aromatic rings. The topological polar surface area (TPSA) is 69.4 Å². The largest absolute Gasteiger partial charge is 0.474 e. The van der Waals surface area contributed by atoms with Crippen molar-refractivity contribution >= 4 is 22.5 Å². The van der Waals surface area contributed by atoms with E-state index in [1.165, 1.54) is 25.1 Å². The molecule has 0 N–H and O–H groups in total. The van der Waals surface area contributed by atoms with Crippen LogP contribution in [0.1, 0.15) is 6.92 Å². The monoisotopic (exact) mass is 229 g/mol. The zero-order chi connectivity index (χ0) is 11.4. The summed E-state index contributed by atoms with van der Waals surface area (Å²) >= 11 is 5.18. The Morgan fingerprint density at radius 2 is 2.13 bits per heavy atom. The molecule has 15 heavy (non-hydrogen) atoms. The third-order valence-electron chi connectivity index (χ3n) is 1.69. The van der Waals surface area contributed by atoms with Gasteiger partial charge in [0.2, 0.25) is 0 Å². The zero-order valence-corrected chi connectivity index (χ0v) is 8.60. The van der Waals surface area contributed by atoms with E-state index in [9.17, 15) is 14.9 Å². The fourth-order valence-electron chi connectivity index (χ4n) is 0.944. The Morgan fingerprint density at radius 1 is 1.53 bits per heavy atom. The van der Waals surface area contributed by atoms with E-state index in [4.69, 9.17) is 16.3 Å². The summed E-state index contributed by atoms with van der Waals surface area (Å²) in [5.74, 6) is 0.0315. The van der Waals surface area contributed by atoms with Crippen LogP contribution < -0.4 is 4.74 Å². The number of ether oxygens (including phenoxy) is 1. The smallest absolute Gasteiger partial charge is 0.310 e. The number of rotatable bonds is 4. The van der Waals surface area contributed by atoms with Crippen LogP contribution in [0.15, 0.2) is 24.3 Å². The maximum atomic E-state index is 10.7. The molecule has 0 fully saturated rings. The van der Waals surface area contributed by atoms with Gasteiger partial charge in [0.25, 0.3) is 5.24 Å². The molecule has 1 rings (SSSR count). The van der Waals surface area contributed by atoms with Gasteiger partial charge in [-0.25, -0.2) is 0 Å². The molecule has 5 nitrogen and oxygen atoms in total. The van der Waals surface area contributed by atoms with Crippen molar-refractivity contribution in [3.05, 3.63) is 34.4 Å². The molecule has 0 radical (unpaired) electrons. The Balaban J connectivity index is 2.94. The molecule has 6 heteroatoms. The van der Waals surface area contributed by atoms with Crippen LogP contribution in [0.3, 0.4) is 0 Å².